The molecule has 3 rings (SSSR count). The van der Waals surface area contributed by atoms with Gasteiger partial charge in [-0.05, 0) is 17.2 Å². The van der Waals surface area contributed by atoms with E-state index in [0.717, 1.165) is 35.5 Å². The normalized spacial score (nSPS) is 12.9. The van der Waals surface area contributed by atoms with Crippen LogP contribution in [0.4, 0.5) is 0 Å². The molecule has 0 saturated heterocycles. The summed E-state index contributed by atoms with van der Waals surface area (Å²) in [5, 5.41) is 0. The third-order valence-corrected chi connectivity index (χ3v) is 3.53. The minimum Gasteiger partial charge on any atom is -0.492 e. The summed E-state index contributed by atoms with van der Waals surface area (Å²) in [4.78, 5) is 11.8. The Labute approximate surface area is 113 Å². The smallest absolute Gasteiger partial charge is 0.162 e. The Morgan fingerprint density at radius 2 is 2.05 bits per heavy atom. The monoisotopic (exact) mass is 252 g/mol. The first-order chi connectivity index (χ1) is 9.29. The van der Waals surface area contributed by atoms with Crippen molar-refractivity contribution in [3.8, 4) is 16.9 Å². The fourth-order valence-corrected chi connectivity index (χ4v) is 2.51. The SMILES string of the molecule is CCC(=O)c1cccc(-c2cccc3c2OCC3)c1. The van der Waals surface area contributed by atoms with Crippen LogP contribution < -0.4 is 4.74 Å². The minimum atomic E-state index is 0.176. The summed E-state index contributed by atoms with van der Waals surface area (Å²) in [7, 11) is 0. The van der Waals surface area contributed by atoms with Crippen molar-refractivity contribution < 1.29 is 9.53 Å². The van der Waals surface area contributed by atoms with Crippen LogP contribution in [0.5, 0.6) is 5.75 Å². The Kier molecular flexibility index (Phi) is 3.08. The summed E-state index contributed by atoms with van der Waals surface area (Å²) >= 11 is 0. The first kappa shape index (κ1) is 12.0. The molecule has 2 aromatic rings. The molecule has 0 aromatic heterocycles. The van der Waals surface area contributed by atoms with Crippen molar-refractivity contribution in [2.24, 2.45) is 0 Å². The first-order valence-corrected chi connectivity index (χ1v) is 6.68. The van der Waals surface area contributed by atoms with Gasteiger partial charge in [0, 0.05) is 24.0 Å². The second-order valence-corrected chi connectivity index (χ2v) is 4.75. The zero-order valence-electron chi connectivity index (χ0n) is 11.0. The molecular formula is C17H16O2. The van der Waals surface area contributed by atoms with Gasteiger partial charge >= 0.3 is 0 Å². The van der Waals surface area contributed by atoms with Crippen LogP contribution in [0, 0.1) is 0 Å². The van der Waals surface area contributed by atoms with Gasteiger partial charge in [-0.1, -0.05) is 43.3 Å². The number of benzene rings is 2. The molecule has 0 N–H and O–H groups in total. The van der Waals surface area contributed by atoms with Gasteiger partial charge in [-0.25, -0.2) is 0 Å². The maximum Gasteiger partial charge on any atom is 0.162 e. The highest BCUT2D eigenvalue weighted by Gasteiger charge is 2.17. The zero-order chi connectivity index (χ0) is 13.2. The molecule has 1 heterocycles. The number of para-hydroxylation sites is 1. The molecule has 96 valence electrons. The molecule has 1 aliphatic heterocycles. The van der Waals surface area contributed by atoms with Crippen LogP contribution in [0.2, 0.25) is 0 Å². The van der Waals surface area contributed by atoms with E-state index in [1.807, 2.05) is 31.2 Å². The topological polar surface area (TPSA) is 26.3 Å². The standard InChI is InChI=1S/C17H16O2/c1-2-16(18)14-7-3-6-13(11-14)15-8-4-5-12-9-10-19-17(12)15/h3-8,11H,2,9-10H2,1H3. The molecule has 0 amide bonds. The van der Waals surface area contributed by atoms with Gasteiger partial charge in [0.2, 0.25) is 0 Å². The average molecular weight is 252 g/mol. The van der Waals surface area contributed by atoms with Gasteiger partial charge in [0.25, 0.3) is 0 Å². The Hall–Kier alpha value is -2.09. The van der Waals surface area contributed by atoms with Crippen LogP contribution in [0.15, 0.2) is 42.5 Å². The molecule has 0 saturated carbocycles. The largest absolute Gasteiger partial charge is 0.492 e. The third kappa shape index (κ3) is 2.14. The zero-order valence-corrected chi connectivity index (χ0v) is 11.0. The number of carbonyl (C=O) groups excluding carboxylic acids is 1. The predicted octanol–water partition coefficient (Wildman–Crippen LogP) is 3.88. The molecule has 0 spiro atoms. The molecular weight excluding hydrogens is 236 g/mol. The van der Waals surface area contributed by atoms with Crippen molar-refractivity contribution in [1.82, 2.24) is 0 Å². The second-order valence-electron chi connectivity index (χ2n) is 4.75. The van der Waals surface area contributed by atoms with Crippen molar-refractivity contribution in [2.75, 3.05) is 6.61 Å². The number of carbonyl (C=O) groups is 1. The van der Waals surface area contributed by atoms with Crippen molar-refractivity contribution >= 4 is 5.78 Å². The number of Topliss-reactive ketones (excluding diaryl/α,β-unsaturated/α-hetero) is 1. The maximum absolute atomic E-state index is 11.8. The quantitative estimate of drug-likeness (QED) is 0.775. The van der Waals surface area contributed by atoms with Crippen molar-refractivity contribution in [1.29, 1.82) is 0 Å². The predicted molar refractivity (Wildman–Crippen MR) is 75.7 cm³/mol. The Morgan fingerprint density at radius 1 is 1.21 bits per heavy atom. The summed E-state index contributed by atoms with van der Waals surface area (Å²) in [5.74, 6) is 1.15. The molecule has 0 fully saturated rings. The van der Waals surface area contributed by atoms with E-state index in [1.165, 1.54) is 5.56 Å². The van der Waals surface area contributed by atoms with Gasteiger partial charge in [0.05, 0.1) is 6.61 Å². The highest BCUT2D eigenvalue weighted by Crippen LogP contribution is 2.36. The molecule has 2 nitrogen and oxygen atoms in total. The highest BCUT2D eigenvalue weighted by molar-refractivity contribution is 5.97. The van der Waals surface area contributed by atoms with E-state index in [4.69, 9.17) is 4.74 Å². The van der Waals surface area contributed by atoms with E-state index in [2.05, 4.69) is 18.2 Å². The second kappa shape index (κ2) is 4.88. The fourth-order valence-electron chi connectivity index (χ4n) is 2.51. The summed E-state index contributed by atoms with van der Waals surface area (Å²) in [5.41, 5.74) is 4.17. The van der Waals surface area contributed by atoms with E-state index in [-0.39, 0.29) is 5.78 Å². The lowest BCUT2D eigenvalue weighted by molar-refractivity contribution is 0.0988. The van der Waals surface area contributed by atoms with Crippen LogP contribution in [-0.4, -0.2) is 12.4 Å². The maximum atomic E-state index is 11.8. The van der Waals surface area contributed by atoms with Crippen molar-refractivity contribution in [3.63, 3.8) is 0 Å². The molecule has 0 radical (unpaired) electrons. The van der Waals surface area contributed by atoms with Crippen LogP contribution in [0.1, 0.15) is 29.3 Å². The number of hydrogen-bond donors (Lipinski definition) is 0. The van der Waals surface area contributed by atoms with Gasteiger partial charge in [0.15, 0.2) is 5.78 Å². The van der Waals surface area contributed by atoms with Gasteiger partial charge in [-0.2, -0.15) is 0 Å². The van der Waals surface area contributed by atoms with Crippen LogP contribution in [-0.2, 0) is 6.42 Å². The first-order valence-electron chi connectivity index (χ1n) is 6.68. The number of fused-ring (bicyclic) bond motifs is 1. The van der Waals surface area contributed by atoms with E-state index in [1.54, 1.807) is 0 Å². The third-order valence-electron chi connectivity index (χ3n) is 3.53. The summed E-state index contributed by atoms with van der Waals surface area (Å²) in [6.07, 6.45) is 1.50. The van der Waals surface area contributed by atoms with Crippen LogP contribution >= 0.6 is 0 Å². The van der Waals surface area contributed by atoms with Gasteiger partial charge in [-0.3, -0.25) is 4.79 Å². The van der Waals surface area contributed by atoms with Gasteiger partial charge in [-0.15, -0.1) is 0 Å². The molecule has 2 aromatic carbocycles. The lowest BCUT2D eigenvalue weighted by Gasteiger charge is -2.09. The number of ketones is 1. The van der Waals surface area contributed by atoms with Crippen LogP contribution in [0.3, 0.4) is 0 Å². The Bertz CT molecular complexity index is 629. The molecule has 0 atom stereocenters. The van der Waals surface area contributed by atoms with E-state index < -0.39 is 0 Å². The molecule has 0 bridgehead atoms. The number of hydrogen-bond acceptors (Lipinski definition) is 2. The van der Waals surface area contributed by atoms with Gasteiger partial charge < -0.3 is 4.74 Å². The van der Waals surface area contributed by atoms with E-state index in [0.29, 0.717) is 6.42 Å². The van der Waals surface area contributed by atoms with Gasteiger partial charge in [0.1, 0.15) is 5.75 Å². The van der Waals surface area contributed by atoms with Crippen molar-refractivity contribution in [2.45, 2.75) is 19.8 Å². The number of rotatable bonds is 3. The molecule has 1 aliphatic rings. The Morgan fingerprint density at radius 3 is 2.89 bits per heavy atom. The summed E-state index contributed by atoms with van der Waals surface area (Å²) < 4.78 is 5.73. The molecule has 0 aliphatic carbocycles. The number of ether oxygens (including phenoxy) is 1. The highest BCUT2D eigenvalue weighted by atomic mass is 16.5. The average Bonchev–Trinajstić information content (AvgIpc) is 2.94. The minimum absolute atomic E-state index is 0.176. The summed E-state index contributed by atoms with van der Waals surface area (Å²) in [6, 6.07) is 14.0. The Balaban J connectivity index is 2.08. The van der Waals surface area contributed by atoms with E-state index >= 15 is 0 Å². The molecule has 0 unspecified atom stereocenters. The lowest BCUT2D eigenvalue weighted by atomic mass is 9.98. The molecule has 19 heavy (non-hydrogen) atoms. The van der Waals surface area contributed by atoms with Crippen molar-refractivity contribution in [3.05, 3.63) is 53.6 Å². The van der Waals surface area contributed by atoms with Crippen LogP contribution in [0.25, 0.3) is 11.1 Å². The molecule has 2 heteroatoms. The lowest BCUT2D eigenvalue weighted by Crippen LogP contribution is -1.96. The fraction of sp³-hybridized carbons (Fsp3) is 0.235. The summed E-state index contributed by atoms with van der Waals surface area (Å²) in [6.45, 7) is 2.64. The van der Waals surface area contributed by atoms with E-state index in [9.17, 15) is 4.79 Å².